The van der Waals surface area contributed by atoms with Crippen LogP contribution in [0.3, 0.4) is 0 Å². The molecule has 7 nitrogen and oxygen atoms in total. The molecular weight excluding hydrogens is 470 g/mol. The number of benzene rings is 2. The Bertz CT molecular complexity index is 1170. The van der Waals surface area contributed by atoms with Gasteiger partial charge in [0.1, 0.15) is 17.3 Å². The third kappa shape index (κ3) is 5.52. The summed E-state index contributed by atoms with van der Waals surface area (Å²) >= 11 is 0. The van der Waals surface area contributed by atoms with Gasteiger partial charge in [0.05, 0.1) is 30.9 Å². The van der Waals surface area contributed by atoms with Crippen LogP contribution in [0, 0.1) is 0 Å². The van der Waals surface area contributed by atoms with Crippen LogP contribution in [-0.2, 0) is 19.7 Å². The molecule has 4 rings (SSSR count). The molecule has 198 valence electrons. The highest BCUT2D eigenvalue weighted by Gasteiger charge is 2.47. The summed E-state index contributed by atoms with van der Waals surface area (Å²) in [4.78, 5) is 28.2. The topological polar surface area (TPSA) is 85.3 Å². The average molecular weight is 508 g/mol. The zero-order chi connectivity index (χ0) is 26.7. The molecule has 2 atom stereocenters. The first-order valence-corrected chi connectivity index (χ1v) is 13.1. The molecule has 2 aromatic rings. The van der Waals surface area contributed by atoms with Crippen molar-refractivity contribution < 1.29 is 28.9 Å². The van der Waals surface area contributed by atoms with Crippen molar-refractivity contribution in [2.75, 3.05) is 26.4 Å². The molecule has 37 heavy (non-hydrogen) atoms. The van der Waals surface area contributed by atoms with Crippen molar-refractivity contribution in [1.82, 2.24) is 4.90 Å². The van der Waals surface area contributed by atoms with E-state index in [0.717, 1.165) is 29.7 Å². The standard InChI is InChI=1S/C30H37NO6/c1-6-35-21-13-10-19(11-14-21)26-25(28(33)29(34)31(26)18-22-9-8-16-37-22)27(32)20-12-15-24(36-7-2)23(17-20)30(3,4)5/h10-15,17,22,26,32H,6-9,16,18H2,1-5H3/b27-25-. The van der Waals surface area contributed by atoms with Crippen LogP contribution in [0.1, 0.15) is 70.2 Å². The van der Waals surface area contributed by atoms with Gasteiger partial charge < -0.3 is 24.2 Å². The van der Waals surface area contributed by atoms with Gasteiger partial charge >= 0.3 is 0 Å². The largest absolute Gasteiger partial charge is 0.507 e. The Hall–Kier alpha value is -3.32. The Morgan fingerprint density at radius 1 is 1.05 bits per heavy atom. The fraction of sp³-hybridized carbons (Fsp3) is 0.467. The van der Waals surface area contributed by atoms with E-state index in [1.165, 1.54) is 0 Å². The number of amides is 1. The summed E-state index contributed by atoms with van der Waals surface area (Å²) in [6.07, 6.45) is 1.61. The van der Waals surface area contributed by atoms with Crippen LogP contribution in [0.15, 0.2) is 48.0 Å². The van der Waals surface area contributed by atoms with Gasteiger partial charge in [-0.2, -0.15) is 0 Å². The van der Waals surface area contributed by atoms with E-state index in [1.807, 2.05) is 50.2 Å². The van der Waals surface area contributed by atoms with Gasteiger partial charge in [-0.15, -0.1) is 0 Å². The predicted molar refractivity (Wildman–Crippen MR) is 142 cm³/mol. The van der Waals surface area contributed by atoms with Gasteiger partial charge in [-0.25, -0.2) is 0 Å². The second kappa shape index (κ2) is 11.0. The van der Waals surface area contributed by atoms with E-state index in [1.54, 1.807) is 11.0 Å². The van der Waals surface area contributed by atoms with Crippen LogP contribution in [-0.4, -0.2) is 54.2 Å². The molecule has 0 radical (unpaired) electrons. The third-order valence-corrected chi connectivity index (χ3v) is 6.83. The second-order valence-corrected chi connectivity index (χ2v) is 10.5. The van der Waals surface area contributed by atoms with Crippen molar-refractivity contribution in [3.63, 3.8) is 0 Å². The maximum Gasteiger partial charge on any atom is 0.295 e. The molecular formula is C30H37NO6. The van der Waals surface area contributed by atoms with Gasteiger partial charge in [0.2, 0.25) is 0 Å². The van der Waals surface area contributed by atoms with Gasteiger partial charge in [-0.05, 0) is 68.0 Å². The minimum atomic E-state index is -0.732. The fourth-order valence-electron chi connectivity index (χ4n) is 5.04. The number of Topliss-reactive ketones (excluding diaryl/α,β-unsaturated/α-hetero) is 1. The lowest BCUT2D eigenvalue weighted by molar-refractivity contribution is -0.140. The van der Waals surface area contributed by atoms with Crippen molar-refractivity contribution in [2.24, 2.45) is 0 Å². The molecule has 0 aliphatic carbocycles. The number of ether oxygens (including phenoxy) is 3. The SMILES string of the molecule is CCOc1ccc(C2/C(=C(/O)c3ccc(OCC)c(C(C)(C)C)c3)C(=O)C(=O)N2CC2CCCO2)cc1. The molecule has 0 saturated carbocycles. The van der Waals surface area contributed by atoms with Crippen molar-refractivity contribution in [2.45, 2.75) is 65.0 Å². The summed E-state index contributed by atoms with van der Waals surface area (Å²) < 4.78 is 17.2. The first kappa shape index (κ1) is 26.7. The van der Waals surface area contributed by atoms with E-state index < -0.39 is 17.7 Å². The van der Waals surface area contributed by atoms with Gasteiger partial charge in [-0.1, -0.05) is 32.9 Å². The first-order chi connectivity index (χ1) is 17.7. The molecule has 2 fully saturated rings. The van der Waals surface area contributed by atoms with Gasteiger partial charge in [-0.3, -0.25) is 9.59 Å². The summed E-state index contributed by atoms with van der Waals surface area (Å²) in [6, 6.07) is 12.0. The molecule has 2 aliphatic heterocycles. The van der Waals surface area contributed by atoms with E-state index in [4.69, 9.17) is 14.2 Å². The number of rotatable bonds is 8. The Labute approximate surface area is 219 Å². The lowest BCUT2D eigenvalue weighted by atomic mass is 9.84. The van der Waals surface area contributed by atoms with Crippen LogP contribution in [0.2, 0.25) is 0 Å². The first-order valence-electron chi connectivity index (χ1n) is 13.1. The smallest absolute Gasteiger partial charge is 0.295 e. The summed E-state index contributed by atoms with van der Waals surface area (Å²) in [5.74, 6) is -0.0868. The van der Waals surface area contributed by atoms with Crippen LogP contribution >= 0.6 is 0 Å². The number of likely N-dealkylation sites (tertiary alicyclic amines) is 1. The average Bonchev–Trinajstić information content (AvgIpc) is 3.47. The number of hydrogen-bond acceptors (Lipinski definition) is 6. The molecule has 0 spiro atoms. The Morgan fingerprint density at radius 3 is 2.35 bits per heavy atom. The molecule has 2 saturated heterocycles. The Balaban J connectivity index is 1.83. The molecule has 2 aromatic carbocycles. The van der Waals surface area contributed by atoms with E-state index in [0.29, 0.717) is 31.1 Å². The van der Waals surface area contributed by atoms with Gasteiger partial charge in [0, 0.05) is 24.3 Å². The number of aliphatic hydroxyl groups excluding tert-OH is 1. The molecule has 1 amide bonds. The number of ketones is 1. The highest BCUT2D eigenvalue weighted by molar-refractivity contribution is 6.46. The Kier molecular flexibility index (Phi) is 7.93. The third-order valence-electron chi connectivity index (χ3n) is 6.83. The van der Waals surface area contributed by atoms with Crippen molar-refractivity contribution in [3.8, 4) is 11.5 Å². The van der Waals surface area contributed by atoms with Crippen LogP contribution in [0.25, 0.3) is 5.76 Å². The molecule has 2 heterocycles. The Morgan fingerprint density at radius 2 is 1.76 bits per heavy atom. The van der Waals surface area contributed by atoms with Gasteiger partial charge in [0.15, 0.2) is 0 Å². The van der Waals surface area contributed by atoms with E-state index in [9.17, 15) is 14.7 Å². The molecule has 2 aliphatic rings. The quantitative estimate of drug-likeness (QED) is 0.293. The molecule has 7 heteroatoms. The zero-order valence-corrected chi connectivity index (χ0v) is 22.4. The lowest BCUT2D eigenvalue weighted by Crippen LogP contribution is -2.36. The highest BCUT2D eigenvalue weighted by Crippen LogP contribution is 2.42. The number of hydrogen-bond donors (Lipinski definition) is 1. The highest BCUT2D eigenvalue weighted by atomic mass is 16.5. The second-order valence-electron chi connectivity index (χ2n) is 10.5. The minimum absolute atomic E-state index is 0.0798. The molecule has 2 unspecified atom stereocenters. The monoisotopic (exact) mass is 507 g/mol. The summed E-state index contributed by atoms with van der Waals surface area (Å²) in [5.41, 5.74) is 1.92. The van der Waals surface area contributed by atoms with E-state index >= 15 is 0 Å². The summed E-state index contributed by atoms with van der Waals surface area (Å²) in [5, 5.41) is 11.6. The van der Waals surface area contributed by atoms with Crippen molar-refractivity contribution in [3.05, 3.63) is 64.7 Å². The maximum atomic E-state index is 13.4. The normalized spacial score (nSPS) is 21.5. The minimum Gasteiger partial charge on any atom is -0.507 e. The number of nitrogens with zero attached hydrogens (tertiary/aromatic N) is 1. The van der Waals surface area contributed by atoms with E-state index in [-0.39, 0.29) is 29.4 Å². The fourth-order valence-corrected chi connectivity index (χ4v) is 5.04. The number of carbonyl (C=O) groups excluding carboxylic acids is 2. The number of carbonyl (C=O) groups is 2. The summed E-state index contributed by atoms with van der Waals surface area (Å²) in [7, 11) is 0. The van der Waals surface area contributed by atoms with Crippen LogP contribution in [0.5, 0.6) is 11.5 Å². The predicted octanol–water partition coefficient (Wildman–Crippen LogP) is 5.38. The van der Waals surface area contributed by atoms with Crippen molar-refractivity contribution in [1.29, 1.82) is 0 Å². The molecule has 1 N–H and O–H groups in total. The van der Waals surface area contributed by atoms with Crippen molar-refractivity contribution >= 4 is 17.4 Å². The zero-order valence-electron chi connectivity index (χ0n) is 22.4. The lowest BCUT2D eigenvalue weighted by Gasteiger charge is -2.28. The van der Waals surface area contributed by atoms with Crippen LogP contribution in [0.4, 0.5) is 0 Å². The molecule has 0 aromatic heterocycles. The maximum absolute atomic E-state index is 13.4. The number of aliphatic hydroxyl groups is 1. The summed E-state index contributed by atoms with van der Waals surface area (Å²) in [6.45, 7) is 12.0. The van der Waals surface area contributed by atoms with E-state index in [2.05, 4.69) is 20.8 Å². The van der Waals surface area contributed by atoms with Crippen LogP contribution < -0.4 is 9.47 Å². The van der Waals surface area contributed by atoms with Gasteiger partial charge in [0.25, 0.3) is 11.7 Å². The molecule has 0 bridgehead atoms.